The first kappa shape index (κ1) is 15.4. The van der Waals surface area contributed by atoms with E-state index in [0.717, 1.165) is 22.0 Å². The van der Waals surface area contributed by atoms with Crippen molar-refractivity contribution in [3.05, 3.63) is 71.9 Å². The van der Waals surface area contributed by atoms with E-state index < -0.39 is 6.04 Å². The lowest BCUT2D eigenvalue weighted by molar-refractivity contribution is -0.144. The van der Waals surface area contributed by atoms with Crippen molar-refractivity contribution in [2.75, 3.05) is 6.54 Å². The Labute approximate surface area is 145 Å². The fourth-order valence-corrected chi connectivity index (χ4v) is 3.37. The van der Waals surface area contributed by atoms with E-state index in [0.29, 0.717) is 13.0 Å². The number of carbonyl (C=O) groups excluding carboxylic acids is 2. The molecule has 0 spiro atoms. The third-order valence-electron chi connectivity index (χ3n) is 4.59. The van der Waals surface area contributed by atoms with E-state index in [9.17, 15) is 9.59 Å². The minimum atomic E-state index is -0.524. The van der Waals surface area contributed by atoms with Gasteiger partial charge in [0.05, 0.1) is 6.54 Å². The molecular formula is C20H19N3O2. The number of carbonyl (C=O) groups is 2. The van der Waals surface area contributed by atoms with Crippen LogP contribution in [0.4, 0.5) is 0 Å². The standard InChI is InChI=1S/C20H19N3O2/c24-19-13-23(12-14-6-2-1-3-7-14)20(25)18(22-19)10-15-11-21-17-9-5-4-8-16(15)17/h1-9,11,18,21H,10,12-13H2,(H,22,24)/t18-/m1/s1. The SMILES string of the molecule is O=C1CN(Cc2ccccc2)C(=O)[C@@H](Cc2c[nH]c3ccccc23)N1. The predicted molar refractivity (Wildman–Crippen MR) is 95.8 cm³/mol. The predicted octanol–water partition coefficient (Wildman–Crippen LogP) is 2.24. The molecule has 1 saturated heterocycles. The first-order chi connectivity index (χ1) is 12.2. The number of rotatable bonds is 4. The number of aromatic nitrogens is 1. The fraction of sp³-hybridized carbons (Fsp3) is 0.200. The molecule has 1 aliphatic rings. The third-order valence-corrected chi connectivity index (χ3v) is 4.59. The monoisotopic (exact) mass is 333 g/mol. The first-order valence-corrected chi connectivity index (χ1v) is 8.38. The number of nitrogens with one attached hydrogen (secondary N) is 2. The molecule has 3 aromatic rings. The van der Waals surface area contributed by atoms with Crippen molar-refractivity contribution in [2.45, 2.75) is 19.0 Å². The quantitative estimate of drug-likeness (QED) is 0.769. The van der Waals surface area contributed by atoms with Crippen LogP contribution in [0.3, 0.4) is 0 Å². The molecule has 0 bridgehead atoms. The second kappa shape index (κ2) is 6.43. The fourth-order valence-electron chi connectivity index (χ4n) is 3.37. The average Bonchev–Trinajstić information content (AvgIpc) is 3.03. The Morgan fingerprint density at radius 2 is 1.76 bits per heavy atom. The van der Waals surface area contributed by atoms with Crippen LogP contribution < -0.4 is 5.32 Å². The molecule has 5 heteroatoms. The summed E-state index contributed by atoms with van der Waals surface area (Å²) in [7, 11) is 0. The molecule has 5 nitrogen and oxygen atoms in total. The van der Waals surface area contributed by atoms with Crippen molar-refractivity contribution in [3.8, 4) is 0 Å². The molecule has 0 saturated carbocycles. The van der Waals surface area contributed by atoms with Gasteiger partial charge in [-0.15, -0.1) is 0 Å². The Kier molecular flexibility index (Phi) is 3.98. The van der Waals surface area contributed by atoms with Gasteiger partial charge in [0.1, 0.15) is 6.04 Å². The van der Waals surface area contributed by atoms with Crippen LogP contribution >= 0.6 is 0 Å². The van der Waals surface area contributed by atoms with Gasteiger partial charge >= 0.3 is 0 Å². The van der Waals surface area contributed by atoms with E-state index in [2.05, 4.69) is 10.3 Å². The van der Waals surface area contributed by atoms with Crippen LogP contribution in [0.25, 0.3) is 10.9 Å². The summed E-state index contributed by atoms with van der Waals surface area (Å²) in [6.45, 7) is 0.565. The molecule has 25 heavy (non-hydrogen) atoms. The molecule has 1 aromatic heterocycles. The lowest BCUT2D eigenvalue weighted by Crippen LogP contribution is -2.58. The van der Waals surface area contributed by atoms with Gasteiger partial charge in [-0.3, -0.25) is 9.59 Å². The van der Waals surface area contributed by atoms with Crippen LogP contribution in [-0.2, 0) is 22.6 Å². The molecule has 1 aliphatic heterocycles. The van der Waals surface area contributed by atoms with Crippen LogP contribution in [0.1, 0.15) is 11.1 Å². The lowest BCUT2D eigenvalue weighted by Gasteiger charge is -2.32. The second-order valence-electron chi connectivity index (χ2n) is 6.36. The van der Waals surface area contributed by atoms with Crippen molar-refractivity contribution < 1.29 is 9.59 Å². The topological polar surface area (TPSA) is 65.2 Å². The summed E-state index contributed by atoms with van der Waals surface area (Å²) < 4.78 is 0. The Bertz CT molecular complexity index is 917. The van der Waals surface area contributed by atoms with Gasteiger partial charge in [0, 0.05) is 30.1 Å². The molecule has 1 fully saturated rings. The Morgan fingerprint density at radius 1 is 1.00 bits per heavy atom. The van der Waals surface area contributed by atoms with Crippen LogP contribution in [0.15, 0.2) is 60.8 Å². The highest BCUT2D eigenvalue weighted by molar-refractivity contribution is 5.95. The van der Waals surface area contributed by atoms with Crippen molar-refractivity contribution >= 4 is 22.7 Å². The number of fused-ring (bicyclic) bond motifs is 1. The summed E-state index contributed by atoms with van der Waals surface area (Å²) in [6, 6.07) is 17.2. The normalized spacial score (nSPS) is 17.8. The summed E-state index contributed by atoms with van der Waals surface area (Å²) >= 11 is 0. The second-order valence-corrected chi connectivity index (χ2v) is 6.36. The van der Waals surface area contributed by atoms with Gasteiger partial charge in [-0.2, -0.15) is 0 Å². The molecule has 1 atom stereocenters. The number of nitrogens with zero attached hydrogens (tertiary/aromatic N) is 1. The molecule has 126 valence electrons. The Morgan fingerprint density at radius 3 is 2.60 bits per heavy atom. The molecule has 2 amide bonds. The zero-order chi connectivity index (χ0) is 17.2. The highest BCUT2D eigenvalue weighted by Crippen LogP contribution is 2.20. The van der Waals surface area contributed by atoms with Gasteiger partial charge < -0.3 is 15.2 Å². The number of hydrogen-bond donors (Lipinski definition) is 2. The van der Waals surface area contributed by atoms with E-state index >= 15 is 0 Å². The van der Waals surface area contributed by atoms with Crippen LogP contribution in [0.5, 0.6) is 0 Å². The number of hydrogen-bond acceptors (Lipinski definition) is 2. The zero-order valence-corrected chi connectivity index (χ0v) is 13.7. The van der Waals surface area contributed by atoms with E-state index in [1.54, 1.807) is 4.90 Å². The number of amides is 2. The van der Waals surface area contributed by atoms with Crippen molar-refractivity contribution in [1.82, 2.24) is 15.2 Å². The number of para-hydroxylation sites is 1. The summed E-state index contributed by atoms with van der Waals surface area (Å²) in [4.78, 5) is 29.8. The van der Waals surface area contributed by atoms with Crippen molar-refractivity contribution in [3.63, 3.8) is 0 Å². The van der Waals surface area contributed by atoms with E-state index in [-0.39, 0.29) is 18.4 Å². The zero-order valence-electron chi connectivity index (χ0n) is 13.7. The molecule has 2 heterocycles. The van der Waals surface area contributed by atoms with Gasteiger partial charge in [-0.05, 0) is 17.2 Å². The van der Waals surface area contributed by atoms with E-state index in [1.165, 1.54) is 0 Å². The Hall–Kier alpha value is -3.08. The van der Waals surface area contributed by atoms with Crippen LogP contribution in [0, 0.1) is 0 Å². The number of H-pyrrole nitrogens is 1. The summed E-state index contributed by atoms with van der Waals surface area (Å²) in [5.41, 5.74) is 3.10. The molecule has 0 radical (unpaired) electrons. The summed E-state index contributed by atoms with van der Waals surface area (Å²) in [6.07, 6.45) is 2.40. The number of benzene rings is 2. The van der Waals surface area contributed by atoms with Gasteiger partial charge in [-0.25, -0.2) is 0 Å². The maximum atomic E-state index is 12.8. The third kappa shape index (κ3) is 3.13. The number of piperazine rings is 1. The van der Waals surface area contributed by atoms with Crippen molar-refractivity contribution in [2.24, 2.45) is 0 Å². The van der Waals surface area contributed by atoms with Gasteiger partial charge in [-0.1, -0.05) is 48.5 Å². The molecule has 0 aliphatic carbocycles. The smallest absolute Gasteiger partial charge is 0.246 e. The molecule has 2 N–H and O–H groups in total. The first-order valence-electron chi connectivity index (χ1n) is 8.38. The summed E-state index contributed by atoms with van der Waals surface area (Å²) in [5, 5.41) is 3.93. The molecular weight excluding hydrogens is 314 g/mol. The lowest BCUT2D eigenvalue weighted by atomic mass is 10.0. The Balaban J connectivity index is 1.55. The molecule has 2 aromatic carbocycles. The van der Waals surface area contributed by atoms with Crippen molar-refractivity contribution in [1.29, 1.82) is 0 Å². The maximum Gasteiger partial charge on any atom is 0.246 e. The average molecular weight is 333 g/mol. The molecule has 4 rings (SSSR count). The number of aromatic amines is 1. The van der Waals surface area contributed by atoms with E-state index in [1.807, 2.05) is 60.8 Å². The highest BCUT2D eigenvalue weighted by atomic mass is 16.2. The maximum absolute atomic E-state index is 12.8. The summed E-state index contributed by atoms with van der Waals surface area (Å²) in [5.74, 6) is -0.144. The highest BCUT2D eigenvalue weighted by Gasteiger charge is 2.33. The largest absolute Gasteiger partial charge is 0.361 e. The van der Waals surface area contributed by atoms with Crippen LogP contribution in [0.2, 0.25) is 0 Å². The van der Waals surface area contributed by atoms with Gasteiger partial charge in [0.25, 0.3) is 0 Å². The molecule has 0 unspecified atom stereocenters. The van der Waals surface area contributed by atoms with Gasteiger partial charge in [0.15, 0.2) is 0 Å². The van der Waals surface area contributed by atoms with E-state index in [4.69, 9.17) is 0 Å². The minimum Gasteiger partial charge on any atom is -0.361 e. The van der Waals surface area contributed by atoms with Gasteiger partial charge in [0.2, 0.25) is 11.8 Å². The minimum absolute atomic E-state index is 0.0336. The van der Waals surface area contributed by atoms with Crippen LogP contribution in [-0.4, -0.2) is 34.3 Å².